The van der Waals surface area contributed by atoms with Gasteiger partial charge in [-0.1, -0.05) is 23.2 Å². The van der Waals surface area contributed by atoms with Crippen LogP contribution in [0.1, 0.15) is 5.56 Å². The van der Waals surface area contributed by atoms with Gasteiger partial charge in [0.15, 0.2) is 0 Å². The fraction of sp³-hybridized carbons (Fsp3) is 0.0909. The van der Waals surface area contributed by atoms with Gasteiger partial charge in [0.25, 0.3) is 10.0 Å². The van der Waals surface area contributed by atoms with E-state index in [2.05, 4.69) is 4.72 Å². The molecule has 0 spiro atoms. The van der Waals surface area contributed by atoms with Crippen molar-refractivity contribution in [2.45, 2.75) is 11.8 Å². The molecule has 1 heterocycles. The monoisotopic (exact) mass is 337 g/mol. The van der Waals surface area contributed by atoms with Crippen LogP contribution in [0.25, 0.3) is 0 Å². The fourth-order valence-corrected chi connectivity index (χ4v) is 4.75. The molecule has 0 saturated carbocycles. The first-order valence-corrected chi connectivity index (χ1v) is 8.12. The van der Waals surface area contributed by atoms with Crippen molar-refractivity contribution >= 4 is 50.2 Å². The second-order valence-corrected chi connectivity index (χ2v) is 7.73. The largest absolute Gasteiger partial charge is 0.508 e. The standard InChI is InChI=1S/C11H9Cl2NO3S2/c1-6-4-7(15)2-3-8(6)14-19(16,17)9-5-10(12)18-11(9)13/h2-5,14-15H,1H3. The van der Waals surface area contributed by atoms with Gasteiger partial charge in [-0.2, -0.15) is 0 Å². The van der Waals surface area contributed by atoms with Crippen LogP contribution < -0.4 is 4.72 Å². The Hall–Kier alpha value is -0.950. The van der Waals surface area contributed by atoms with Crippen molar-refractivity contribution in [1.82, 2.24) is 0 Å². The summed E-state index contributed by atoms with van der Waals surface area (Å²) in [5.74, 6) is 0.0667. The Morgan fingerprint density at radius 3 is 2.47 bits per heavy atom. The molecule has 0 saturated heterocycles. The first-order valence-electron chi connectivity index (χ1n) is 5.07. The number of phenolic OH excluding ortho intramolecular Hbond substituents is 1. The van der Waals surface area contributed by atoms with E-state index in [1.807, 2.05) is 0 Å². The highest BCUT2D eigenvalue weighted by Gasteiger charge is 2.21. The maximum Gasteiger partial charge on any atom is 0.264 e. The molecule has 19 heavy (non-hydrogen) atoms. The minimum Gasteiger partial charge on any atom is -0.508 e. The van der Waals surface area contributed by atoms with E-state index in [9.17, 15) is 13.5 Å². The van der Waals surface area contributed by atoms with E-state index < -0.39 is 10.0 Å². The van der Waals surface area contributed by atoms with Crippen molar-refractivity contribution in [3.8, 4) is 5.75 Å². The third-order valence-corrected chi connectivity index (χ3v) is 5.49. The zero-order valence-corrected chi connectivity index (χ0v) is 12.8. The van der Waals surface area contributed by atoms with Crippen LogP contribution >= 0.6 is 34.5 Å². The molecule has 4 nitrogen and oxygen atoms in total. The second kappa shape index (κ2) is 5.20. The van der Waals surface area contributed by atoms with E-state index in [4.69, 9.17) is 23.2 Å². The lowest BCUT2D eigenvalue weighted by Crippen LogP contribution is -2.13. The fourth-order valence-electron chi connectivity index (χ4n) is 1.47. The molecule has 0 fully saturated rings. The number of aromatic hydroxyl groups is 1. The number of halogens is 2. The van der Waals surface area contributed by atoms with Gasteiger partial charge < -0.3 is 5.11 Å². The lowest BCUT2D eigenvalue weighted by atomic mass is 10.2. The first-order chi connectivity index (χ1) is 8.79. The molecule has 1 aromatic heterocycles. The van der Waals surface area contributed by atoms with Crippen LogP contribution in [0.5, 0.6) is 5.75 Å². The van der Waals surface area contributed by atoms with Gasteiger partial charge in [0.05, 0.1) is 10.0 Å². The summed E-state index contributed by atoms with van der Waals surface area (Å²) in [4.78, 5) is -0.0587. The Morgan fingerprint density at radius 2 is 1.95 bits per heavy atom. The predicted molar refractivity (Wildman–Crippen MR) is 78.0 cm³/mol. The zero-order valence-electron chi connectivity index (χ0n) is 9.65. The predicted octanol–water partition coefficient (Wildman–Crippen LogP) is 3.87. The third-order valence-electron chi connectivity index (χ3n) is 2.37. The Morgan fingerprint density at radius 1 is 1.26 bits per heavy atom. The van der Waals surface area contributed by atoms with Gasteiger partial charge in [-0.05, 0) is 36.8 Å². The van der Waals surface area contributed by atoms with E-state index in [1.54, 1.807) is 6.92 Å². The number of rotatable bonds is 3. The van der Waals surface area contributed by atoms with Gasteiger partial charge in [0.2, 0.25) is 0 Å². The normalized spacial score (nSPS) is 11.5. The lowest BCUT2D eigenvalue weighted by molar-refractivity contribution is 0.475. The van der Waals surface area contributed by atoms with Crippen molar-refractivity contribution in [3.63, 3.8) is 0 Å². The van der Waals surface area contributed by atoms with Gasteiger partial charge in [0.1, 0.15) is 15.0 Å². The zero-order chi connectivity index (χ0) is 14.2. The highest BCUT2D eigenvalue weighted by molar-refractivity contribution is 7.93. The Balaban J connectivity index is 2.39. The number of sulfonamides is 1. The highest BCUT2D eigenvalue weighted by Crippen LogP contribution is 2.35. The number of hydrogen-bond acceptors (Lipinski definition) is 4. The van der Waals surface area contributed by atoms with Crippen LogP contribution in [-0.2, 0) is 10.0 Å². The minimum absolute atomic E-state index is 0.0587. The van der Waals surface area contributed by atoms with Gasteiger partial charge in [-0.25, -0.2) is 8.42 Å². The molecule has 0 atom stereocenters. The maximum atomic E-state index is 12.2. The van der Waals surface area contributed by atoms with Crippen LogP contribution in [0.3, 0.4) is 0 Å². The van der Waals surface area contributed by atoms with Crippen LogP contribution in [0.2, 0.25) is 8.67 Å². The molecule has 0 bridgehead atoms. The average Bonchev–Trinajstić information content (AvgIpc) is 2.63. The smallest absolute Gasteiger partial charge is 0.264 e. The van der Waals surface area contributed by atoms with E-state index in [0.29, 0.717) is 15.6 Å². The lowest BCUT2D eigenvalue weighted by Gasteiger charge is -2.10. The molecular formula is C11H9Cl2NO3S2. The van der Waals surface area contributed by atoms with Crippen LogP contribution in [-0.4, -0.2) is 13.5 Å². The quantitative estimate of drug-likeness (QED) is 0.835. The van der Waals surface area contributed by atoms with E-state index in [1.165, 1.54) is 24.3 Å². The number of thiophene rings is 1. The van der Waals surface area contributed by atoms with Crippen molar-refractivity contribution < 1.29 is 13.5 Å². The topological polar surface area (TPSA) is 66.4 Å². The van der Waals surface area contributed by atoms with Crippen molar-refractivity contribution in [1.29, 1.82) is 0 Å². The highest BCUT2D eigenvalue weighted by atomic mass is 35.5. The SMILES string of the molecule is Cc1cc(O)ccc1NS(=O)(=O)c1cc(Cl)sc1Cl. The van der Waals surface area contributed by atoms with Crippen LogP contribution in [0.15, 0.2) is 29.2 Å². The first kappa shape index (κ1) is 14.5. The van der Waals surface area contributed by atoms with Crippen molar-refractivity contribution in [2.24, 2.45) is 0 Å². The molecule has 2 rings (SSSR count). The number of benzene rings is 1. The molecule has 0 unspecified atom stereocenters. The van der Waals surface area contributed by atoms with Gasteiger partial charge in [-0.3, -0.25) is 4.72 Å². The Labute approximate surface area is 124 Å². The summed E-state index contributed by atoms with van der Waals surface area (Å²) >= 11 is 12.6. The maximum absolute atomic E-state index is 12.2. The molecule has 1 aromatic carbocycles. The van der Waals surface area contributed by atoms with Gasteiger partial charge in [0, 0.05) is 0 Å². The summed E-state index contributed by atoms with van der Waals surface area (Å²) in [5, 5.41) is 9.29. The molecule has 102 valence electrons. The Bertz CT molecular complexity index is 726. The summed E-state index contributed by atoms with van der Waals surface area (Å²) < 4.78 is 27.1. The van der Waals surface area contributed by atoms with Gasteiger partial charge >= 0.3 is 0 Å². The van der Waals surface area contributed by atoms with E-state index in [0.717, 1.165) is 11.3 Å². The van der Waals surface area contributed by atoms with Crippen LogP contribution in [0.4, 0.5) is 5.69 Å². The van der Waals surface area contributed by atoms with Gasteiger partial charge in [-0.15, -0.1) is 11.3 Å². The molecular weight excluding hydrogens is 329 g/mol. The summed E-state index contributed by atoms with van der Waals surface area (Å²) in [6, 6.07) is 5.63. The number of hydrogen-bond donors (Lipinski definition) is 2. The Kier molecular flexibility index (Phi) is 3.96. The summed E-state index contributed by atoms with van der Waals surface area (Å²) in [7, 11) is -3.80. The summed E-state index contributed by atoms with van der Waals surface area (Å²) in [6.45, 7) is 1.68. The molecule has 0 aliphatic rings. The van der Waals surface area contributed by atoms with Crippen LogP contribution in [0, 0.1) is 6.92 Å². The molecule has 0 radical (unpaired) electrons. The number of nitrogens with one attached hydrogen (secondary N) is 1. The second-order valence-electron chi connectivity index (χ2n) is 3.79. The molecule has 0 amide bonds. The van der Waals surface area contributed by atoms with Crippen molar-refractivity contribution in [3.05, 3.63) is 38.5 Å². The molecule has 2 aromatic rings. The number of anilines is 1. The summed E-state index contributed by atoms with van der Waals surface area (Å²) in [6.07, 6.45) is 0. The molecule has 0 aliphatic heterocycles. The van der Waals surface area contributed by atoms with Crippen molar-refractivity contribution in [2.75, 3.05) is 4.72 Å². The van der Waals surface area contributed by atoms with E-state index >= 15 is 0 Å². The third kappa shape index (κ3) is 3.14. The molecule has 2 N–H and O–H groups in total. The molecule has 0 aliphatic carbocycles. The minimum atomic E-state index is -3.80. The number of phenols is 1. The van der Waals surface area contributed by atoms with E-state index in [-0.39, 0.29) is 15.0 Å². The summed E-state index contributed by atoms with van der Waals surface area (Å²) in [5.41, 5.74) is 0.970. The molecule has 8 heteroatoms. The average molecular weight is 338 g/mol. The number of aryl methyl sites for hydroxylation is 1.